The summed E-state index contributed by atoms with van der Waals surface area (Å²) >= 11 is 0. The van der Waals surface area contributed by atoms with Crippen LogP contribution in [0.4, 0.5) is 0 Å². The second kappa shape index (κ2) is 4.47. The molecule has 0 spiro atoms. The molecule has 0 atom stereocenters. The van der Waals surface area contributed by atoms with Crippen molar-refractivity contribution in [2.45, 2.75) is 39.0 Å². The van der Waals surface area contributed by atoms with Crippen molar-refractivity contribution in [3.8, 4) is 0 Å². The van der Waals surface area contributed by atoms with Gasteiger partial charge in [-0.3, -0.25) is 9.78 Å². The predicted molar refractivity (Wildman–Crippen MR) is 68.1 cm³/mol. The molecule has 1 fully saturated rings. The van der Waals surface area contributed by atoms with Gasteiger partial charge in [0.15, 0.2) is 0 Å². The minimum absolute atomic E-state index is 0.0722. The fraction of sp³-hybridized carbons (Fsp3) is 0.571. The molecular weight excluding hydrogens is 212 g/mol. The van der Waals surface area contributed by atoms with Gasteiger partial charge in [0.05, 0.1) is 0 Å². The summed E-state index contributed by atoms with van der Waals surface area (Å²) in [6, 6.07) is 3.86. The van der Waals surface area contributed by atoms with E-state index in [1.54, 1.807) is 0 Å². The van der Waals surface area contributed by atoms with Gasteiger partial charge >= 0.3 is 0 Å². The van der Waals surface area contributed by atoms with Crippen molar-refractivity contribution < 1.29 is 4.79 Å². The summed E-state index contributed by atoms with van der Waals surface area (Å²) in [5.41, 5.74) is 1.82. The maximum absolute atomic E-state index is 12.1. The zero-order chi connectivity index (χ0) is 12.5. The van der Waals surface area contributed by atoms with Crippen LogP contribution in [0, 0.1) is 0 Å². The first-order valence-electron chi connectivity index (χ1n) is 6.24. The first-order valence-corrected chi connectivity index (χ1v) is 6.24. The lowest BCUT2D eigenvalue weighted by atomic mass is 9.88. The number of nitrogens with zero attached hydrogens (tertiary/aromatic N) is 2. The lowest BCUT2D eigenvalue weighted by Gasteiger charge is -2.19. The fourth-order valence-corrected chi connectivity index (χ4v) is 2.05. The summed E-state index contributed by atoms with van der Waals surface area (Å²) in [5.74, 6) is 0.0722. The van der Waals surface area contributed by atoms with Crippen LogP contribution in [0.25, 0.3) is 0 Å². The van der Waals surface area contributed by atoms with E-state index in [0.29, 0.717) is 5.69 Å². The largest absolute Gasteiger partial charge is 0.337 e. The molecule has 2 rings (SSSR count). The zero-order valence-electron chi connectivity index (χ0n) is 10.9. The second-order valence-electron chi connectivity index (χ2n) is 5.68. The van der Waals surface area contributed by atoms with Crippen molar-refractivity contribution in [3.05, 3.63) is 29.6 Å². The van der Waals surface area contributed by atoms with Gasteiger partial charge in [0.2, 0.25) is 0 Å². The van der Waals surface area contributed by atoms with Gasteiger partial charge in [-0.1, -0.05) is 26.8 Å². The molecule has 0 saturated carbocycles. The minimum atomic E-state index is 0.0722. The molecule has 0 N–H and O–H groups in total. The zero-order valence-corrected chi connectivity index (χ0v) is 10.9. The molecule has 0 aliphatic carbocycles. The van der Waals surface area contributed by atoms with E-state index in [0.717, 1.165) is 31.5 Å². The van der Waals surface area contributed by atoms with E-state index in [1.165, 1.54) is 0 Å². The average molecular weight is 232 g/mol. The summed E-state index contributed by atoms with van der Waals surface area (Å²) in [7, 11) is 0. The van der Waals surface area contributed by atoms with Gasteiger partial charge < -0.3 is 4.90 Å². The number of hydrogen-bond acceptors (Lipinski definition) is 2. The van der Waals surface area contributed by atoms with Crippen LogP contribution >= 0.6 is 0 Å². The van der Waals surface area contributed by atoms with Crippen molar-refractivity contribution >= 4 is 5.91 Å². The maximum Gasteiger partial charge on any atom is 0.272 e. The standard InChI is InChI=1S/C14H20N2O/c1-14(2,3)11-6-7-12(15-10-11)13(17)16-8-4-5-9-16/h6-7,10H,4-5,8-9H2,1-3H3. The van der Waals surface area contributed by atoms with Gasteiger partial charge in [-0.25, -0.2) is 0 Å². The molecule has 1 aromatic heterocycles. The fourth-order valence-electron chi connectivity index (χ4n) is 2.05. The monoisotopic (exact) mass is 232 g/mol. The van der Waals surface area contributed by atoms with E-state index in [2.05, 4.69) is 25.8 Å². The lowest BCUT2D eigenvalue weighted by molar-refractivity contribution is 0.0787. The Morgan fingerprint density at radius 2 is 1.88 bits per heavy atom. The number of hydrogen-bond donors (Lipinski definition) is 0. The van der Waals surface area contributed by atoms with Crippen LogP contribution < -0.4 is 0 Å². The highest BCUT2D eigenvalue weighted by Crippen LogP contribution is 2.21. The molecule has 92 valence electrons. The molecule has 1 aliphatic heterocycles. The molecule has 1 saturated heterocycles. The van der Waals surface area contributed by atoms with E-state index >= 15 is 0 Å². The first kappa shape index (κ1) is 12.1. The molecule has 0 aromatic carbocycles. The van der Waals surface area contributed by atoms with E-state index in [4.69, 9.17) is 0 Å². The summed E-state index contributed by atoms with van der Waals surface area (Å²) in [4.78, 5) is 18.3. The molecule has 1 amide bonds. The number of pyridine rings is 1. The van der Waals surface area contributed by atoms with Gasteiger partial charge in [0, 0.05) is 19.3 Å². The lowest BCUT2D eigenvalue weighted by Crippen LogP contribution is -2.28. The van der Waals surface area contributed by atoms with Gasteiger partial charge in [0.25, 0.3) is 5.91 Å². The van der Waals surface area contributed by atoms with Crippen molar-refractivity contribution in [1.29, 1.82) is 0 Å². The number of carbonyl (C=O) groups is 1. The highest BCUT2D eigenvalue weighted by molar-refractivity contribution is 5.92. The Hall–Kier alpha value is -1.38. The number of carbonyl (C=O) groups excluding carboxylic acids is 1. The highest BCUT2D eigenvalue weighted by Gasteiger charge is 2.21. The van der Waals surface area contributed by atoms with Gasteiger partial charge in [0.1, 0.15) is 5.69 Å². The Bertz CT molecular complexity index is 397. The molecule has 0 unspecified atom stereocenters. The van der Waals surface area contributed by atoms with Crippen LogP contribution in [-0.2, 0) is 5.41 Å². The van der Waals surface area contributed by atoms with Gasteiger partial charge in [-0.15, -0.1) is 0 Å². The second-order valence-corrected chi connectivity index (χ2v) is 5.68. The SMILES string of the molecule is CC(C)(C)c1ccc(C(=O)N2CCCC2)nc1. The Morgan fingerprint density at radius 3 is 2.35 bits per heavy atom. The summed E-state index contributed by atoms with van der Waals surface area (Å²) in [6.45, 7) is 8.19. The molecule has 1 aliphatic rings. The van der Waals surface area contributed by atoms with Crippen LogP contribution in [0.3, 0.4) is 0 Å². The molecule has 0 radical (unpaired) electrons. The third-order valence-electron chi connectivity index (χ3n) is 3.24. The average Bonchev–Trinajstić information content (AvgIpc) is 2.80. The van der Waals surface area contributed by atoms with E-state index < -0.39 is 0 Å². The maximum atomic E-state index is 12.1. The Morgan fingerprint density at radius 1 is 1.24 bits per heavy atom. The van der Waals surface area contributed by atoms with Gasteiger partial charge in [-0.05, 0) is 29.9 Å². The first-order chi connectivity index (χ1) is 7.98. The topological polar surface area (TPSA) is 33.2 Å². The molecule has 3 heteroatoms. The summed E-state index contributed by atoms with van der Waals surface area (Å²) < 4.78 is 0. The molecule has 0 bridgehead atoms. The number of amides is 1. The van der Waals surface area contributed by atoms with Crippen LogP contribution in [0.15, 0.2) is 18.3 Å². The molecule has 3 nitrogen and oxygen atoms in total. The van der Waals surface area contributed by atoms with Crippen LogP contribution in [0.1, 0.15) is 49.7 Å². The molecular formula is C14H20N2O. The Kier molecular flexibility index (Phi) is 3.18. The number of likely N-dealkylation sites (tertiary alicyclic amines) is 1. The normalized spacial score (nSPS) is 16.3. The third kappa shape index (κ3) is 2.65. The van der Waals surface area contributed by atoms with Crippen molar-refractivity contribution in [2.24, 2.45) is 0 Å². The number of rotatable bonds is 1. The third-order valence-corrected chi connectivity index (χ3v) is 3.24. The summed E-state index contributed by atoms with van der Waals surface area (Å²) in [5, 5.41) is 0. The smallest absolute Gasteiger partial charge is 0.272 e. The van der Waals surface area contributed by atoms with Crippen molar-refractivity contribution in [2.75, 3.05) is 13.1 Å². The summed E-state index contributed by atoms with van der Waals surface area (Å²) in [6.07, 6.45) is 4.06. The minimum Gasteiger partial charge on any atom is -0.337 e. The van der Waals surface area contributed by atoms with Crippen LogP contribution in [0.2, 0.25) is 0 Å². The van der Waals surface area contributed by atoms with Crippen molar-refractivity contribution in [3.63, 3.8) is 0 Å². The van der Waals surface area contributed by atoms with E-state index in [9.17, 15) is 4.79 Å². The van der Waals surface area contributed by atoms with Crippen LogP contribution in [0.5, 0.6) is 0 Å². The Labute approximate surface area is 103 Å². The van der Waals surface area contributed by atoms with Gasteiger partial charge in [-0.2, -0.15) is 0 Å². The van der Waals surface area contributed by atoms with Crippen LogP contribution in [-0.4, -0.2) is 28.9 Å². The predicted octanol–water partition coefficient (Wildman–Crippen LogP) is 2.62. The van der Waals surface area contributed by atoms with Crippen molar-refractivity contribution in [1.82, 2.24) is 9.88 Å². The molecule has 1 aromatic rings. The molecule has 17 heavy (non-hydrogen) atoms. The Balaban J connectivity index is 2.15. The highest BCUT2D eigenvalue weighted by atomic mass is 16.2. The van der Waals surface area contributed by atoms with E-state index in [-0.39, 0.29) is 11.3 Å². The quantitative estimate of drug-likeness (QED) is 0.745. The molecule has 2 heterocycles. The van der Waals surface area contributed by atoms with E-state index in [1.807, 2.05) is 23.2 Å². The number of aromatic nitrogens is 1.